The number of aliphatic imine (C=N–C) groups is 1. The van der Waals surface area contributed by atoms with Crippen LogP contribution in [0.5, 0.6) is 0 Å². The minimum atomic E-state index is -4.40. The van der Waals surface area contributed by atoms with Gasteiger partial charge in [-0.25, -0.2) is 15.1 Å². The van der Waals surface area contributed by atoms with Gasteiger partial charge in [0.2, 0.25) is 11.0 Å². The van der Waals surface area contributed by atoms with E-state index in [2.05, 4.69) is 41.9 Å². The Hall–Kier alpha value is -3.59. The van der Waals surface area contributed by atoms with Gasteiger partial charge < -0.3 is 0 Å². The van der Waals surface area contributed by atoms with Crippen LogP contribution in [-0.2, 0) is 11.0 Å². The van der Waals surface area contributed by atoms with E-state index in [9.17, 15) is 18.0 Å². The number of aromatic nitrogens is 3. The number of thioether (sulfide) groups is 1. The minimum absolute atomic E-state index is 0.0668. The van der Waals surface area contributed by atoms with E-state index in [1.807, 2.05) is 56.3 Å². The van der Waals surface area contributed by atoms with Gasteiger partial charge in [-0.05, 0) is 73.6 Å². The molecule has 1 aliphatic heterocycles. The average Bonchev–Trinajstić information content (AvgIpc) is 3.60. The summed E-state index contributed by atoms with van der Waals surface area (Å²) in [6.07, 6.45) is -2.94. The van der Waals surface area contributed by atoms with Gasteiger partial charge in [-0.2, -0.15) is 18.2 Å². The molecule has 1 saturated heterocycles. The van der Waals surface area contributed by atoms with Gasteiger partial charge in [0, 0.05) is 16.1 Å². The highest BCUT2D eigenvalue weighted by molar-refractivity contribution is 9.10. The van der Waals surface area contributed by atoms with E-state index in [1.165, 1.54) is 34.9 Å². The van der Waals surface area contributed by atoms with E-state index in [4.69, 9.17) is 12.2 Å². The lowest BCUT2D eigenvalue weighted by Gasteiger charge is -2.19. The monoisotopic (exact) mass is 673 g/mol. The van der Waals surface area contributed by atoms with E-state index < -0.39 is 11.7 Å². The molecule has 0 aliphatic carbocycles. The first-order valence-electron chi connectivity index (χ1n) is 12.6. The number of carbonyl (C=O) groups is 1. The van der Waals surface area contributed by atoms with Gasteiger partial charge in [0.15, 0.2) is 11.0 Å². The number of alkyl halides is 3. The molecule has 2 N–H and O–H groups in total. The molecule has 0 spiro atoms. The Morgan fingerprint density at radius 3 is 2.52 bits per heavy atom. The van der Waals surface area contributed by atoms with Gasteiger partial charge in [-0.1, -0.05) is 58.0 Å². The van der Waals surface area contributed by atoms with E-state index >= 15 is 0 Å². The number of anilines is 1. The maximum atomic E-state index is 12.8. The number of thiocarbonyl (C=S) groups is 1. The summed E-state index contributed by atoms with van der Waals surface area (Å²) in [6.45, 7) is 3.88. The topological polar surface area (TPSA) is 87.4 Å². The zero-order valence-electron chi connectivity index (χ0n) is 22.2. The molecule has 0 bridgehead atoms. The zero-order chi connectivity index (χ0) is 30.0. The van der Waals surface area contributed by atoms with Crippen LogP contribution in [0.25, 0.3) is 17.1 Å². The molecule has 5 rings (SSSR count). The highest BCUT2D eigenvalue weighted by Crippen LogP contribution is 2.32. The van der Waals surface area contributed by atoms with Crippen LogP contribution in [0.15, 0.2) is 82.5 Å². The molecule has 1 aliphatic rings. The highest BCUT2D eigenvalue weighted by Gasteiger charge is 2.31. The number of amides is 1. The van der Waals surface area contributed by atoms with Gasteiger partial charge >= 0.3 is 6.18 Å². The lowest BCUT2D eigenvalue weighted by molar-refractivity contribution is -0.137. The van der Waals surface area contributed by atoms with Crippen LogP contribution in [0, 0.1) is 6.92 Å². The Labute approximate surface area is 257 Å². The van der Waals surface area contributed by atoms with E-state index in [-0.39, 0.29) is 22.8 Å². The van der Waals surface area contributed by atoms with Crippen LogP contribution in [0.3, 0.4) is 0 Å². The molecular weight excluding hydrogens is 651 g/mol. The number of aryl methyl sites for hydroxylation is 1. The van der Waals surface area contributed by atoms with Crippen molar-refractivity contribution in [2.75, 3.05) is 10.7 Å². The molecule has 8 nitrogen and oxygen atoms in total. The summed E-state index contributed by atoms with van der Waals surface area (Å²) in [6, 6.07) is 17.8. The molecule has 1 amide bonds. The van der Waals surface area contributed by atoms with Gasteiger partial charge in [0.1, 0.15) is 6.33 Å². The maximum absolute atomic E-state index is 12.8. The Morgan fingerprint density at radius 2 is 1.83 bits per heavy atom. The van der Waals surface area contributed by atoms with Crippen molar-refractivity contribution in [3.8, 4) is 17.1 Å². The molecule has 4 aromatic rings. The summed E-state index contributed by atoms with van der Waals surface area (Å²) in [5.41, 5.74) is 9.19. The summed E-state index contributed by atoms with van der Waals surface area (Å²) in [4.78, 5) is 23.0. The zero-order valence-corrected chi connectivity index (χ0v) is 25.4. The smallest absolute Gasteiger partial charge is 0.296 e. The number of halogens is 4. The Balaban J connectivity index is 1.20. The normalized spacial score (nSPS) is 15.3. The lowest BCUT2D eigenvalue weighted by atomic mass is 10.1. The lowest BCUT2D eigenvalue weighted by Crippen LogP contribution is -2.38. The highest BCUT2D eigenvalue weighted by atomic mass is 79.9. The van der Waals surface area contributed by atoms with E-state index in [1.54, 1.807) is 4.90 Å². The number of amidine groups is 1. The first-order chi connectivity index (χ1) is 20.0. The largest absolute Gasteiger partial charge is 0.416 e. The van der Waals surface area contributed by atoms with Crippen LogP contribution in [-0.4, -0.2) is 36.7 Å². The number of nitrogens with zero attached hydrogens (tertiary/aromatic N) is 5. The second-order valence-electron chi connectivity index (χ2n) is 9.32. The first-order valence-corrected chi connectivity index (χ1v) is 14.7. The molecule has 1 aromatic heterocycles. The predicted molar refractivity (Wildman–Crippen MR) is 165 cm³/mol. The minimum Gasteiger partial charge on any atom is -0.296 e. The number of hydrogen-bond acceptors (Lipinski definition) is 6. The molecule has 0 saturated carbocycles. The molecule has 1 unspecified atom stereocenters. The number of hydrogen-bond donors (Lipinski definition) is 2. The van der Waals surface area contributed by atoms with Gasteiger partial charge in [-0.3, -0.25) is 15.1 Å². The fourth-order valence-corrected chi connectivity index (χ4v) is 5.54. The number of nitrogens with one attached hydrogen (secondary N) is 2. The SMILES string of the molecule is Cc1ccc(Br)cc1N1C(=O)CS/C1=N\C(=S)NNC(C)c1ccc(-c2ncn(-c3ccc(C(F)(F)F)cc3)n2)cc1. The van der Waals surface area contributed by atoms with Crippen molar-refractivity contribution in [3.05, 3.63) is 94.2 Å². The van der Waals surface area contributed by atoms with Crippen molar-refractivity contribution in [1.29, 1.82) is 0 Å². The average molecular weight is 675 g/mol. The molecular formula is C28H23BrF3N7OS2. The van der Waals surface area contributed by atoms with Crippen molar-refractivity contribution >= 4 is 61.8 Å². The fourth-order valence-electron chi connectivity index (χ4n) is 4.12. The second-order valence-corrected chi connectivity index (χ2v) is 11.6. The third-order valence-corrected chi connectivity index (χ3v) is 8.00. The van der Waals surface area contributed by atoms with Gasteiger partial charge in [-0.15, -0.1) is 5.10 Å². The van der Waals surface area contributed by atoms with Crippen LogP contribution >= 0.6 is 39.9 Å². The van der Waals surface area contributed by atoms with E-state index in [0.717, 1.165) is 39.0 Å². The fraction of sp³-hybridized carbons (Fsp3) is 0.179. The van der Waals surface area contributed by atoms with Crippen molar-refractivity contribution in [1.82, 2.24) is 25.6 Å². The van der Waals surface area contributed by atoms with Crippen molar-refractivity contribution in [2.24, 2.45) is 4.99 Å². The number of carbonyl (C=O) groups excluding carboxylic acids is 1. The predicted octanol–water partition coefficient (Wildman–Crippen LogP) is 6.60. The number of hydrazine groups is 1. The van der Waals surface area contributed by atoms with Gasteiger partial charge in [0.05, 0.1) is 22.7 Å². The van der Waals surface area contributed by atoms with Crippen LogP contribution < -0.4 is 15.8 Å². The molecule has 3 aromatic carbocycles. The van der Waals surface area contributed by atoms with Crippen LogP contribution in [0.4, 0.5) is 18.9 Å². The maximum Gasteiger partial charge on any atom is 0.416 e. The van der Waals surface area contributed by atoms with Crippen LogP contribution in [0.2, 0.25) is 0 Å². The number of rotatable bonds is 6. The van der Waals surface area contributed by atoms with Crippen molar-refractivity contribution in [3.63, 3.8) is 0 Å². The molecule has 1 fully saturated rings. The van der Waals surface area contributed by atoms with E-state index in [0.29, 0.717) is 16.7 Å². The molecule has 14 heteroatoms. The third-order valence-electron chi connectivity index (χ3n) is 6.39. The summed E-state index contributed by atoms with van der Waals surface area (Å²) < 4.78 is 40.8. The molecule has 216 valence electrons. The Bertz CT molecular complexity index is 1660. The quantitative estimate of drug-likeness (QED) is 0.176. The molecule has 42 heavy (non-hydrogen) atoms. The molecule has 2 heterocycles. The summed E-state index contributed by atoms with van der Waals surface area (Å²) in [7, 11) is 0. The van der Waals surface area contributed by atoms with Gasteiger partial charge in [0.25, 0.3) is 0 Å². The second kappa shape index (κ2) is 12.3. The Kier molecular flexibility index (Phi) is 8.78. The van der Waals surface area contributed by atoms with Crippen molar-refractivity contribution < 1.29 is 18.0 Å². The summed E-state index contributed by atoms with van der Waals surface area (Å²) in [5, 5.41) is 5.09. The summed E-state index contributed by atoms with van der Waals surface area (Å²) in [5.74, 6) is 0.648. The summed E-state index contributed by atoms with van der Waals surface area (Å²) >= 11 is 10.2. The first kappa shape index (κ1) is 29.9. The third kappa shape index (κ3) is 6.72. The molecule has 1 atom stereocenters. The standard InChI is InChI=1S/C28H23BrF3N7OS2/c1-16-3-10-21(29)13-23(16)39-24(40)14-42-27(39)34-26(41)36-35-17(2)18-4-6-19(7-5-18)25-33-15-38(37-25)22-11-8-20(9-12-22)28(30,31)32/h3-13,15,17,35H,14H2,1-2H3,(H,36,41)/b34-27-. The van der Waals surface area contributed by atoms with Crippen LogP contribution in [0.1, 0.15) is 29.7 Å². The molecule has 0 radical (unpaired) electrons. The number of benzene rings is 3. The Morgan fingerprint density at radius 1 is 1.12 bits per heavy atom. The van der Waals surface area contributed by atoms with Crippen molar-refractivity contribution in [2.45, 2.75) is 26.1 Å².